The summed E-state index contributed by atoms with van der Waals surface area (Å²) in [6, 6.07) is 16.1. The molecule has 0 aliphatic heterocycles. The van der Waals surface area contributed by atoms with E-state index in [0.717, 1.165) is 47.9 Å². The van der Waals surface area contributed by atoms with Gasteiger partial charge in [0.15, 0.2) is 5.82 Å². The van der Waals surface area contributed by atoms with Gasteiger partial charge in [-0.15, -0.1) is 5.10 Å². The molecular formula is C27H33N5O3. The maximum absolute atomic E-state index is 13.2. The Bertz CT molecular complexity index is 1120. The molecule has 8 heteroatoms. The first kappa shape index (κ1) is 24.6. The van der Waals surface area contributed by atoms with Crippen molar-refractivity contribution in [1.82, 2.24) is 25.5 Å². The van der Waals surface area contributed by atoms with Crippen molar-refractivity contribution in [3.63, 3.8) is 0 Å². The molecule has 1 heterocycles. The van der Waals surface area contributed by atoms with Crippen molar-refractivity contribution < 1.29 is 14.7 Å². The molecule has 2 N–H and O–H groups in total. The summed E-state index contributed by atoms with van der Waals surface area (Å²) in [4.78, 5) is 26.9. The van der Waals surface area contributed by atoms with Crippen LogP contribution in [0.25, 0.3) is 22.5 Å². The van der Waals surface area contributed by atoms with Gasteiger partial charge in [-0.3, -0.25) is 9.59 Å². The molecule has 184 valence electrons. The van der Waals surface area contributed by atoms with Crippen LogP contribution in [0.4, 0.5) is 0 Å². The Kier molecular flexibility index (Phi) is 7.90. The second kappa shape index (κ2) is 11.3. The molecule has 8 nitrogen and oxygen atoms in total. The van der Waals surface area contributed by atoms with Gasteiger partial charge in [-0.2, -0.15) is 0 Å². The lowest BCUT2D eigenvalue weighted by atomic mass is 9.81. The number of rotatable bonds is 11. The van der Waals surface area contributed by atoms with Crippen molar-refractivity contribution in [3.8, 4) is 22.5 Å². The molecule has 2 aromatic carbocycles. The van der Waals surface area contributed by atoms with E-state index in [-0.39, 0.29) is 12.3 Å². The topological polar surface area (TPSA) is 112 Å². The number of hydrogen-bond acceptors (Lipinski definition) is 5. The number of carboxylic acid groups (broad SMARTS) is 1. The molecule has 0 radical (unpaired) electrons. The highest BCUT2D eigenvalue weighted by molar-refractivity contribution is 5.81. The molecule has 1 fully saturated rings. The number of benzene rings is 2. The van der Waals surface area contributed by atoms with E-state index < -0.39 is 11.4 Å². The zero-order chi connectivity index (χ0) is 24.7. The largest absolute Gasteiger partial charge is 0.481 e. The third-order valence-corrected chi connectivity index (χ3v) is 7.13. The molecule has 1 aromatic heterocycles. The summed E-state index contributed by atoms with van der Waals surface area (Å²) in [6.07, 6.45) is 5.85. The monoisotopic (exact) mass is 475 g/mol. The predicted octanol–water partition coefficient (Wildman–Crippen LogP) is 5.09. The van der Waals surface area contributed by atoms with Crippen LogP contribution in [0.2, 0.25) is 0 Å². The Hall–Kier alpha value is -3.55. The summed E-state index contributed by atoms with van der Waals surface area (Å²) in [6.45, 7) is 3.31. The Balaban J connectivity index is 1.46. The summed E-state index contributed by atoms with van der Waals surface area (Å²) < 4.78 is 0. The van der Waals surface area contributed by atoms with Gasteiger partial charge >= 0.3 is 5.97 Å². The summed E-state index contributed by atoms with van der Waals surface area (Å²) in [5, 5.41) is 24.0. The maximum atomic E-state index is 13.2. The van der Waals surface area contributed by atoms with E-state index in [0.29, 0.717) is 38.2 Å². The van der Waals surface area contributed by atoms with Gasteiger partial charge in [0, 0.05) is 25.1 Å². The van der Waals surface area contributed by atoms with Gasteiger partial charge in [0.1, 0.15) is 0 Å². The van der Waals surface area contributed by atoms with E-state index in [9.17, 15) is 14.7 Å². The molecule has 1 saturated carbocycles. The highest BCUT2D eigenvalue weighted by Gasteiger charge is 2.41. The normalized spacial score (nSPS) is 14.7. The predicted molar refractivity (Wildman–Crippen MR) is 133 cm³/mol. The quantitative estimate of drug-likeness (QED) is 0.400. The average molecular weight is 476 g/mol. The molecule has 1 amide bonds. The Morgan fingerprint density at radius 3 is 2.40 bits per heavy atom. The highest BCUT2D eigenvalue weighted by atomic mass is 16.4. The number of hydrogen-bond donors (Lipinski definition) is 2. The number of nitrogens with one attached hydrogen (secondary N) is 1. The van der Waals surface area contributed by atoms with Gasteiger partial charge in [-0.25, -0.2) is 5.10 Å². The summed E-state index contributed by atoms with van der Waals surface area (Å²) >= 11 is 0. The van der Waals surface area contributed by atoms with Crippen LogP contribution in [0.3, 0.4) is 0 Å². The first-order chi connectivity index (χ1) is 17.0. The van der Waals surface area contributed by atoms with Gasteiger partial charge in [0.05, 0.1) is 5.41 Å². The van der Waals surface area contributed by atoms with Gasteiger partial charge in [0.25, 0.3) is 0 Å². The standard InChI is InChI=1S/C27H33N5O3/c1-2-3-18-32(24(33)14-17-27(26(34)35)15-6-7-16-27)19-20-10-12-21(13-11-20)22-8-4-5-9-23(22)25-28-30-31-29-25/h4-5,8-13H,2-3,6-7,14-19H2,1H3,(H,34,35)(H,28,29,30,31). The minimum absolute atomic E-state index is 0.0400. The van der Waals surface area contributed by atoms with Gasteiger partial charge < -0.3 is 10.0 Å². The van der Waals surface area contributed by atoms with Crippen LogP contribution < -0.4 is 0 Å². The molecule has 35 heavy (non-hydrogen) atoms. The van der Waals surface area contributed by atoms with Gasteiger partial charge in [0.2, 0.25) is 5.91 Å². The zero-order valence-electron chi connectivity index (χ0n) is 20.2. The number of tetrazole rings is 1. The SMILES string of the molecule is CCCCN(Cc1ccc(-c2ccccc2-c2nnn[nH]2)cc1)C(=O)CCC1(C(=O)O)CCCC1. The van der Waals surface area contributed by atoms with E-state index in [2.05, 4.69) is 39.7 Å². The number of unbranched alkanes of at least 4 members (excludes halogenated alkanes) is 1. The van der Waals surface area contributed by atoms with Gasteiger partial charge in [-0.05, 0) is 52.8 Å². The van der Waals surface area contributed by atoms with E-state index in [1.807, 2.05) is 41.3 Å². The first-order valence-corrected chi connectivity index (χ1v) is 12.5. The molecule has 4 rings (SSSR count). The Morgan fingerprint density at radius 2 is 1.77 bits per heavy atom. The second-order valence-electron chi connectivity index (χ2n) is 9.45. The van der Waals surface area contributed by atoms with Crippen molar-refractivity contribution in [3.05, 3.63) is 54.1 Å². The number of carbonyl (C=O) groups is 2. The number of aromatic amines is 1. The molecule has 3 aromatic rings. The number of aromatic nitrogens is 4. The number of aliphatic carboxylic acids is 1. The lowest BCUT2D eigenvalue weighted by Crippen LogP contribution is -2.34. The summed E-state index contributed by atoms with van der Waals surface area (Å²) in [5.41, 5.74) is 3.30. The summed E-state index contributed by atoms with van der Waals surface area (Å²) in [7, 11) is 0. The zero-order valence-corrected chi connectivity index (χ0v) is 20.2. The molecule has 0 saturated heterocycles. The van der Waals surface area contributed by atoms with Crippen LogP contribution in [-0.2, 0) is 16.1 Å². The van der Waals surface area contributed by atoms with Crippen LogP contribution in [0.15, 0.2) is 48.5 Å². The smallest absolute Gasteiger partial charge is 0.309 e. The lowest BCUT2D eigenvalue weighted by molar-refractivity contribution is -0.149. The van der Waals surface area contributed by atoms with Crippen molar-refractivity contribution >= 4 is 11.9 Å². The molecule has 1 aliphatic carbocycles. The van der Waals surface area contributed by atoms with Crippen LogP contribution in [-0.4, -0.2) is 49.1 Å². The Morgan fingerprint density at radius 1 is 1.06 bits per heavy atom. The molecule has 0 atom stereocenters. The minimum atomic E-state index is -0.750. The third-order valence-electron chi connectivity index (χ3n) is 7.13. The maximum Gasteiger partial charge on any atom is 0.309 e. The number of carbonyl (C=O) groups excluding carboxylic acids is 1. The van der Waals surface area contributed by atoms with E-state index >= 15 is 0 Å². The number of nitrogens with zero attached hydrogens (tertiary/aromatic N) is 4. The van der Waals surface area contributed by atoms with Crippen molar-refractivity contribution in [2.24, 2.45) is 5.41 Å². The number of carboxylic acids is 1. The molecular weight excluding hydrogens is 442 g/mol. The van der Waals surface area contributed by atoms with Crippen molar-refractivity contribution in [1.29, 1.82) is 0 Å². The summed E-state index contributed by atoms with van der Waals surface area (Å²) in [5.74, 6) is -0.0967. The first-order valence-electron chi connectivity index (χ1n) is 12.5. The van der Waals surface area contributed by atoms with E-state index in [1.165, 1.54) is 0 Å². The number of amides is 1. The third kappa shape index (κ3) is 5.75. The molecule has 0 unspecified atom stereocenters. The average Bonchev–Trinajstić information content (AvgIpc) is 3.59. The van der Waals surface area contributed by atoms with Crippen LogP contribution in [0.1, 0.15) is 63.9 Å². The fraction of sp³-hybridized carbons (Fsp3) is 0.444. The molecule has 0 spiro atoms. The van der Waals surface area contributed by atoms with Crippen LogP contribution in [0.5, 0.6) is 0 Å². The van der Waals surface area contributed by atoms with Crippen LogP contribution >= 0.6 is 0 Å². The number of H-pyrrole nitrogens is 1. The molecule has 0 bridgehead atoms. The minimum Gasteiger partial charge on any atom is -0.481 e. The second-order valence-corrected chi connectivity index (χ2v) is 9.45. The lowest BCUT2D eigenvalue weighted by Gasteiger charge is -2.27. The van der Waals surface area contributed by atoms with Crippen molar-refractivity contribution in [2.45, 2.75) is 64.8 Å². The Labute approximate surface area is 205 Å². The van der Waals surface area contributed by atoms with Gasteiger partial charge in [-0.1, -0.05) is 74.7 Å². The fourth-order valence-electron chi connectivity index (χ4n) is 4.99. The van der Waals surface area contributed by atoms with Crippen molar-refractivity contribution in [2.75, 3.05) is 6.54 Å². The fourth-order valence-corrected chi connectivity index (χ4v) is 4.99. The van der Waals surface area contributed by atoms with Crippen LogP contribution in [0, 0.1) is 5.41 Å². The van der Waals surface area contributed by atoms with E-state index in [4.69, 9.17) is 0 Å². The van der Waals surface area contributed by atoms with E-state index in [1.54, 1.807) is 0 Å². The molecule has 1 aliphatic rings. The highest BCUT2D eigenvalue weighted by Crippen LogP contribution is 2.42.